The van der Waals surface area contributed by atoms with Crippen LogP contribution in [0.15, 0.2) is 24.3 Å². The van der Waals surface area contributed by atoms with E-state index in [1.54, 1.807) is 12.1 Å². The van der Waals surface area contributed by atoms with Crippen LogP contribution in [0, 0.1) is 5.41 Å². The maximum atomic E-state index is 12.6. The van der Waals surface area contributed by atoms with Crippen molar-refractivity contribution in [3.8, 4) is 0 Å². The Kier molecular flexibility index (Phi) is 6.93. The predicted octanol–water partition coefficient (Wildman–Crippen LogP) is 2.91. The highest BCUT2D eigenvalue weighted by Crippen LogP contribution is 2.26. The van der Waals surface area contributed by atoms with Crippen LogP contribution < -0.4 is 5.32 Å². The molecule has 1 N–H and O–H groups in total. The van der Waals surface area contributed by atoms with E-state index in [-0.39, 0.29) is 18.3 Å². The fraction of sp³-hybridized carbons (Fsp3) is 0.611. The van der Waals surface area contributed by atoms with Crippen LogP contribution in [0.3, 0.4) is 0 Å². The van der Waals surface area contributed by atoms with Gasteiger partial charge in [0.15, 0.2) is 0 Å². The van der Waals surface area contributed by atoms with Crippen molar-refractivity contribution in [2.75, 3.05) is 45.8 Å². The molecule has 1 unspecified atom stereocenters. The second-order valence-corrected chi connectivity index (χ2v) is 7.60. The first-order valence-corrected chi connectivity index (χ1v) is 8.91. The Morgan fingerprint density at radius 3 is 2.62 bits per heavy atom. The number of carbonyl (C=O) groups is 1. The summed E-state index contributed by atoms with van der Waals surface area (Å²) >= 11 is 5.90. The zero-order valence-electron chi connectivity index (χ0n) is 14.3. The average Bonchev–Trinajstić information content (AvgIpc) is 2.83. The van der Waals surface area contributed by atoms with Gasteiger partial charge in [0.2, 0.25) is 0 Å². The molecule has 1 aromatic carbocycles. The van der Waals surface area contributed by atoms with E-state index in [0.29, 0.717) is 10.4 Å². The monoisotopic (exact) mass is 371 g/mol. The molecule has 2 aliphatic heterocycles. The topological polar surface area (TPSA) is 35.6 Å². The summed E-state index contributed by atoms with van der Waals surface area (Å²) in [6, 6.07) is 7.21. The van der Waals surface area contributed by atoms with Gasteiger partial charge in [-0.2, -0.15) is 0 Å². The Morgan fingerprint density at radius 1 is 1.21 bits per heavy atom. The van der Waals surface area contributed by atoms with Gasteiger partial charge in [0, 0.05) is 43.3 Å². The lowest BCUT2D eigenvalue weighted by atomic mass is 9.89. The molecule has 1 aromatic rings. The second-order valence-electron chi connectivity index (χ2n) is 7.17. The van der Waals surface area contributed by atoms with Crippen molar-refractivity contribution in [3.63, 3.8) is 0 Å². The van der Waals surface area contributed by atoms with Crippen LogP contribution in [-0.2, 0) is 0 Å². The number of hydrogen-bond acceptors (Lipinski definition) is 3. The number of rotatable bonds is 3. The molecule has 0 radical (unpaired) electrons. The molecule has 2 fully saturated rings. The van der Waals surface area contributed by atoms with Gasteiger partial charge in [0.25, 0.3) is 5.91 Å². The van der Waals surface area contributed by atoms with Crippen LogP contribution in [0.4, 0.5) is 0 Å². The normalized spacial score (nSPS) is 25.2. The highest BCUT2D eigenvalue weighted by Gasteiger charge is 2.31. The molecule has 1 atom stereocenters. The van der Waals surface area contributed by atoms with Gasteiger partial charge < -0.3 is 15.1 Å². The third-order valence-corrected chi connectivity index (χ3v) is 5.28. The molecular formula is C18H27Cl2N3O. The number of carbonyl (C=O) groups excluding carboxylic acids is 1. The molecule has 0 aromatic heterocycles. The molecule has 24 heavy (non-hydrogen) atoms. The van der Waals surface area contributed by atoms with Gasteiger partial charge in [-0.3, -0.25) is 4.79 Å². The Balaban J connectivity index is 0.00000208. The maximum absolute atomic E-state index is 12.6. The molecule has 0 bridgehead atoms. The number of nitrogens with one attached hydrogen (secondary N) is 1. The predicted molar refractivity (Wildman–Crippen MR) is 101 cm³/mol. The van der Waals surface area contributed by atoms with Gasteiger partial charge in [0.1, 0.15) is 0 Å². The summed E-state index contributed by atoms with van der Waals surface area (Å²) in [7, 11) is 0. The van der Waals surface area contributed by atoms with E-state index in [0.717, 1.165) is 57.8 Å². The van der Waals surface area contributed by atoms with E-state index in [1.165, 1.54) is 6.42 Å². The Bertz CT molecular complexity index is 544. The lowest BCUT2D eigenvalue weighted by Gasteiger charge is -2.31. The molecule has 6 heteroatoms. The third kappa shape index (κ3) is 4.85. The molecule has 0 aliphatic carbocycles. The van der Waals surface area contributed by atoms with Crippen LogP contribution in [-0.4, -0.2) is 61.5 Å². The minimum Gasteiger partial charge on any atom is -0.337 e. The van der Waals surface area contributed by atoms with Crippen LogP contribution >= 0.6 is 24.0 Å². The number of halogens is 2. The summed E-state index contributed by atoms with van der Waals surface area (Å²) in [5, 5.41) is 4.14. The molecule has 134 valence electrons. The van der Waals surface area contributed by atoms with Crippen molar-refractivity contribution in [1.29, 1.82) is 0 Å². The summed E-state index contributed by atoms with van der Waals surface area (Å²) in [6.45, 7) is 9.44. The minimum atomic E-state index is 0. The smallest absolute Gasteiger partial charge is 0.253 e. The number of benzene rings is 1. The van der Waals surface area contributed by atoms with Gasteiger partial charge in [-0.25, -0.2) is 0 Å². The summed E-state index contributed by atoms with van der Waals surface area (Å²) in [5.74, 6) is 0.122. The first-order chi connectivity index (χ1) is 11.1. The molecular weight excluding hydrogens is 345 g/mol. The highest BCUT2D eigenvalue weighted by atomic mass is 35.5. The van der Waals surface area contributed by atoms with Crippen molar-refractivity contribution in [3.05, 3.63) is 34.9 Å². The third-order valence-electron chi connectivity index (χ3n) is 5.03. The molecule has 0 saturated carbocycles. The first-order valence-electron chi connectivity index (χ1n) is 8.54. The van der Waals surface area contributed by atoms with E-state index in [4.69, 9.17) is 11.6 Å². The molecule has 0 spiro atoms. The van der Waals surface area contributed by atoms with Crippen LogP contribution in [0.1, 0.15) is 30.1 Å². The lowest BCUT2D eigenvalue weighted by molar-refractivity contribution is 0.0758. The van der Waals surface area contributed by atoms with E-state index in [2.05, 4.69) is 17.1 Å². The standard InChI is InChI=1S/C18H26ClN3O.ClH/c1-18(7-8-20-13-18)14-21-9-2-10-22(12-11-21)17(23)15-3-5-16(19)6-4-15;/h3-6,20H,2,7-14H2,1H3;1H. The number of nitrogens with zero attached hydrogens (tertiary/aromatic N) is 2. The van der Waals surface area contributed by atoms with Crippen LogP contribution in [0.2, 0.25) is 5.02 Å². The van der Waals surface area contributed by atoms with Crippen LogP contribution in [0.25, 0.3) is 0 Å². The molecule has 4 nitrogen and oxygen atoms in total. The van der Waals surface area contributed by atoms with E-state index in [1.807, 2.05) is 17.0 Å². The summed E-state index contributed by atoms with van der Waals surface area (Å²) in [4.78, 5) is 17.1. The lowest BCUT2D eigenvalue weighted by Crippen LogP contribution is -2.40. The number of hydrogen-bond donors (Lipinski definition) is 1. The summed E-state index contributed by atoms with van der Waals surface area (Å²) in [6.07, 6.45) is 2.29. The molecule has 3 rings (SSSR count). The van der Waals surface area contributed by atoms with Gasteiger partial charge in [-0.15, -0.1) is 12.4 Å². The second kappa shape index (κ2) is 8.52. The molecule has 2 saturated heterocycles. The SMILES string of the molecule is CC1(CN2CCCN(C(=O)c3ccc(Cl)cc3)CC2)CCNC1.Cl. The highest BCUT2D eigenvalue weighted by molar-refractivity contribution is 6.30. The molecule has 2 heterocycles. The largest absolute Gasteiger partial charge is 0.337 e. The van der Waals surface area contributed by atoms with Crippen molar-refractivity contribution < 1.29 is 4.79 Å². The quantitative estimate of drug-likeness (QED) is 0.886. The average molecular weight is 372 g/mol. The van der Waals surface area contributed by atoms with Crippen molar-refractivity contribution in [1.82, 2.24) is 15.1 Å². The molecule has 1 amide bonds. The number of amides is 1. The Labute approximate surface area is 155 Å². The Hall–Kier alpha value is -0.810. The zero-order valence-corrected chi connectivity index (χ0v) is 15.8. The minimum absolute atomic E-state index is 0. The van der Waals surface area contributed by atoms with Crippen LogP contribution in [0.5, 0.6) is 0 Å². The Morgan fingerprint density at radius 2 is 1.96 bits per heavy atom. The summed E-state index contributed by atoms with van der Waals surface area (Å²) < 4.78 is 0. The fourth-order valence-electron chi connectivity index (χ4n) is 3.65. The maximum Gasteiger partial charge on any atom is 0.253 e. The van der Waals surface area contributed by atoms with E-state index in [9.17, 15) is 4.79 Å². The van der Waals surface area contributed by atoms with Crippen molar-refractivity contribution in [2.45, 2.75) is 19.8 Å². The van der Waals surface area contributed by atoms with Gasteiger partial charge >= 0.3 is 0 Å². The van der Waals surface area contributed by atoms with Crippen molar-refractivity contribution in [2.24, 2.45) is 5.41 Å². The van der Waals surface area contributed by atoms with E-state index >= 15 is 0 Å². The zero-order chi connectivity index (χ0) is 16.3. The van der Waals surface area contributed by atoms with Gasteiger partial charge in [0.05, 0.1) is 0 Å². The van der Waals surface area contributed by atoms with E-state index < -0.39 is 0 Å². The molecule has 2 aliphatic rings. The van der Waals surface area contributed by atoms with Gasteiger partial charge in [-0.05, 0) is 55.6 Å². The van der Waals surface area contributed by atoms with Crippen molar-refractivity contribution >= 4 is 29.9 Å². The fourth-order valence-corrected chi connectivity index (χ4v) is 3.78. The summed E-state index contributed by atoms with van der Waals surface area (Å²) in [5.41, 5.74) is 1.12. The first kappa shape index (κ1) is 19.5. The van der Waals surface area contributed by atoms with Gasteiger partial charge in [-0.1, -0.05) is 18.5 Å².